The third kappa shape index (κ3) is 7.48. The number of carbonyl (C=O) groups is 2. The van der Waals surface area contributed by atoms with Gasteiger partial charge in [-0.25, -0.2) is 4.79 Å². The molecule has 6 nitrogen and oxygen atoms in total. The molecule has 30 heavy (non-hydrogen) atoms. The van der Waals surface area contributed by atoms with E-state index in [0.29, 0.717) is 13.2 Å². The summed E-state index contributed by atoms with van der Waals surface area (Å²) in [6, 6.07) is 9.63. The first-order chi connectivity index (χ1) is 14.2. The second kappa shape index (κ2) is 11.2. The molecule has 0 saturated carbocycles. The fourth-order valence-corrected chi connectivity index (χ4v) is 3.80. The number of rotatable bonds is 9. The van der Waals surface area contributed by atoms with E-state index in [-0.39, 0.29) is 5.97 Å². The van der Waals surface area contributed by atoms with Crippen LogP contribution in [0.2, 0.25) is 0 Å². The summed E-state index contributed by atoms with van der Waals surface area (Å²) in [4.78, 5) is 24.8. The highest BCUT2D eigenvalue weighted by atomic mass is 16.6. The molecular weight excluding hydrogens is 382 g/mol. The maximum atomic E-state index is 12.6. The Bertz CT molecular complexity index is 736. The van der Waals surface area contributed by atoms with Crippen molar-refractivity contribution >= 4 is 12.1 Å². The first kappa shape index (κ1) is 23.9. The molecule has 0 aromatic heterocycles. The molecule has 166 valence electrons. The van der Waals surface area contributed by atoms with Gasteiger partial charge in [0, 0.05) is 6.04 Å². The number of methoxy groups -OCH3 is 1. The molecule has 0 fully saturated rings. The van der Waals surface area contributed by atoms with Crippen LogP contribution in [0.3, 0.4) is 0 Å². The molecule has 0 bridgehead atoms. The number of ether oxygens (including phenoxy) is 3. The lowest BCUT2D eigenvalue weighted by molar-refractivity contribution is -0.144. The van der Waals surface area contributed by atoms with Gasteiger partial charge in [-0.1, -0.05) is 41.5 Å². The van der Waals surface area contributed by atoms with Gasteiger partial charge in [0.2, 0.25) is 0 Å². The van der Waals surface area contributed by atoms with Gasteiger partial charge in [0.15, 0.2) is 0 Å². The maximum absolute atomic E-state index is 12.6. The first-order valence-electron chi connectivity index (χ1n) is 10.6. The summed E-state index contributed by atoms with van der Waals surface area (Å²) in [5.41, 5.74) is 2.84. The summed E-state index contributed by atoms with van der Waals surface area (Å²) < 4.78 is 16.2. The lowest BCUT2D eigenvalue weighted by Crippen LogP contribution is -2.44. The molecule has 1 amide bonds. The predicted molar refractivity (Wildman–Crippen MR) is 116 cm³/mol. The second-order valence-electron chi connectivity index (χ2n) is 8.71. The Balaban J connectivity index is 2.02. The monoisotopic (exact) mass is 417 g/mol. The molecule has 0 radical (unpaired) electrons. The van der Waals surface area contributed by atoms with Crippen LogP contribution >= 0.6 is 0 Å². The van der Waals surface area contributed by atoms with Crippen LogP contribution in [0.1, 0.15) is 58.9 Å². The molecule has 1 aromatic rings. The van der Waals surface area contributed by atoms with E-state index < -0.39 is 23.7 Å². The van der Waals surface area contributed by atoms with Gasteiger partial charge in [-0.15, -0.1) is 0 Å². The van der Waals surface area contributed by atoms with Gasteiger partial charge in [-0.05, 0) is 58.9 Å². The highest BCUT2D eigenvalue weighted by Crippen LogP contribution is 2.35. The van der Waals surface area contributed by atoms with Crippen molar-refractivity contribution in [2.24, 2.45) is 5.92 Å². The van der Waals surface area contributed by atoms with Crippen molar-refractivity contribution in [2.45, 2.75) is 71.6 Å². The standard InChI is InChI=1S/C24H35NO5/c1-17(25-23(27)30-24(2,3)4)21(22(26)28-5)20-13-9-12-19(20)14-15-29-16-18-10-7-6-8-11-18/h6-8,10-11,17,21H,9,12-16H2,1-5H3,(H,25,27)/t17-,21+/m1/s1. The maximum Gasteiger partial charge on any atom is 0.407 e. The summed E-state index contributed by atoms with van der Waals surface area (Å²) in [5, 5.41) is 2.81. The van der Waals surface area contributed by atoms with Crippen molar-refractivity contribution < 1.29 is 23.8 Å². The van der Waals surface area contributed by atoms with E-state index >= 15 is 0 Å². The first-order valence-corrected chi connectivity index (χ1v) is 10.6. The van der Waals surface area contributed by atoms with Crippen molar-refractivity contribution in [1.29, 1.82) is 0 Å². The van der Waals surface area contributed by atoms with Crippen LogP contribution in [0.4, 0.5) is 4.79 Å². The summed E-state index contributed by atoms with van der Waals surface area (Å²) in [6.45, 7) is 8.41. The van der Waals surface area contributed by atoms with Gasteiger partial charge in [0.05, 0.1) is 26.2 Å². The summed E-state index contributed by atoms with van der Waals surface area (Å²) in [5.74, 6) is -0.854. The molecule has 6 heteroatoms. The zero-order valence-corrected chi connectivity index (χ0v) is 18.8. The number of alkyl carbamates (subject to hydrolysis) is 1. The van der Waals surface area contributed by atoms with Crippen LogP contribution in [0, 0.1) is 5.92 Å². The van der Waals surface area contributed by atoms with E-state index in [2.05, 4.69) is 5.32 Å². The van der Waals surface area contributed by atoms with Crippen molar-refractivity contribution in [3.05, 3.63) is 47.0 Å². The van der Waals surface area contributed by atoms with Gasteiger partial charge in [0.1, 0.15) is 5.60 Å². The van der Waals surface area contributed by atoms with E-state index in [1.807, 2.05) is 58.0 Å². The highest BCUT2D eigenvalue weighted by Gasteiger charge is 2.35. The predicted octanol–water partition coefficient (Wildman–Crippen LogP) is 4.78. The van der Waals surface area contributed by atoms with E-state index in [1.165, 1.54) is 12.7 Å². The molecule has 0 unspecified atom stereocenters. The quantitative estimate of drug-likeness (QED) is 0.356. The van der Waals surface area contributed by atoms with Crippen LogP contribution < -0.4 is 5.32 Å². The average Bonchev–Trinajstić information content (AvgIpc) is 3.12. The number of hydrogen-bond donors (Lipinski definition) is 1. The summed E-state index contributed by atoms with van der Waals surface area (Å²) in [6.07, 6.45) is 3.01. The van der Waals surface area contributed by atoms with Gasteiger partial charge >= 0.3 is 12.1 Å². The van der Waals surface area contributed by atoms with Crippen LogP contribution in [-0.2, 0) is 25.6 Å². The largest absolute Gasteiger partial charge is 0.468 e. The van der Waals surface area contributed by atoms with Gasteiger partial charge in [-0.2, -0.15) is 0 Å². The molecule has 1 aromatic carbocycles. The zero-order chi connectivity index (χ0) is 22.1. The summed E-state index contributed by atoms with van der Waals surface area (Å²) in [7, 11) is 1.38. The number of amides is 1. The Labute approximate surface area is 180 Å². The van der Waals surface area contributed by atoms with Crippen molar-refractivity contribution in [3.63, 3.8) is 0 Å². The van der Waals surface area contributed by atoms with E-state index in [1.54, 1.807) is 0 Å². The molecule has 1 aliphatic carbocycles. The minimum Gasteiger partial charge on any atom is -0.468 e. The van der Waals surface area contributed by atoms with E-state index in [9.17, 15) is 9.59 Å². The minimum absolute atomic E-state index is 0.335. The highest BCUT2D eigenvalue weighted by molar-refractivity contribution is 5.78. The van der Waals surface area contributed by atoms with Crippen LogP contribution in [-0.4, -0.2) is 37.4 Å². The zero-order valence-electron chi connectivity index (χ0n) is 18.8. The number of carbonyl (C=O) groups excluding carboxylic acids is 2. The molecule has 0 aliphatic heterocycles. The van der Waals surface area contributed by atoms with Gasteiger partial charge in [-0.3, -0.25) is 4.79 Å². The Morgan fingerprint density at radius 1 is 1.13 bits per heavy atom. The smallest absolute Gasteiger partial charge is 0.407 e. The third-order valence-electron chi connectivity index (χ3n) is 5.11. The van der Waals surface area contributed by atoms with Gasteiger partial charge < -0.3 is 19.5 Å². The molecule has 1 N–H and O–H groups in total. The number of benzene rings is 1. The van der Waals surface area contributed by atoms with E-state index in [0.717, 1.165) is 36.8 Å². The Hall–Kier alpha value is -2.34. The topological polar surface area (TPSA) is 73.9 Å². The molecule has 1 aliphatic rings. The number of esters is 1. The molecular formula is C24H35NO5. The molecule has 0 heterocycles. The SMILES string of the molecule is COC(=O)[C@H](C1=C(CCOCc2ccccc2)CCC1)[C@@H](C)NC(=O)OC(C)(C)C. The van der Waals surface area contributed by atoms with Crippen molar-refractivity contribution in [3.8, 4) is 0 Å². The average molecular weight is 418 g/mol. The lowest BCUT2D eigenvalue weighted by Gasteiger charge is -2.27. The normalized spacial score (nSPS) is 16.2. The van der Waals surface area contributed by atoms with Crippen molar-refractivity contribution in [1.82, 2.24) is 5.32 Å². The molecule has 0 saturated heterocycles. The molecule has 2 rings (SSSR count). The fourth-order valence-electron chi connectivity index (χ4n) is 3.80. The van der Waals surface area contributed by atoms with Crippen LogP contribution in [0.25, 0.3) is 0 Å². The number of hydrogen-bond acceptors (Lipinski definition) is 5. The molecule has 2 atom stereocenters. The lowest BCUT2D eigenvalue weighted by atomic mass is 9.88. The van der Waals surface area contributed by atoms with Crippen LogP contribution in [0.15, 0.2) is 41.5 Å². The third-order valence-corrected chi connectivity index (χ3v) is 5.11. The Morgan fingerprint density at radius 3 is 2.47 bits per heavy atom. The second-order valence-corrected chi connectivity index (χ2v) is 8.71. The summed E-state index contributed by atoms with van der Waals surface area (Å²) >= 11 is 0. The van der Waals surface area contributed by atoms with E-state index in [4.69, 9.17) is 14.2 Å². The Morgan fingerprint density at radius 2 is 1.83 bits per heavy atom. The van der Waals surface area contributed by atoms with Crippen LogP contribution in [0.5, 0.6) is 0 Å². The fraction of sp³-hybridized carbons (Fsp3) is 0.583. The molecule has 0 spiro atoms. The van der Waals surface area contributed by atoms with Gasteiger partial charge in [0.25, 0.3) is 0 Å². The van der Waals surface area contributed by atoms with Crippen molar-refractivity contribution in [2.75, 3.05) is 13.7 Å². The number of nitrogens with one attached hydrogen (secondary N) is 1. The minimum atomic E-state index is -0.599. The Kier molecular flexibility index (Phi) is 8.90.